The van der Waals surface area contributed by atoms with Crippen LogP contribution in [0.3, 0.4) is 0 Å². The Kier molecular flexibility index (Phi) is 5.18. The smallest absolute Gasteiger partial charge is 0.251 e. The average Bonchev–Trinajstić information content (AvgIpc) is 2.57. The molecule has 9 heteroatoms. The van der Waals surface area contributed by atoms with Gasteiger partial charge in [-0.25, -0.2) is 18.1 Å². The third-order valence-corrected chi connectivity index (χ3v) is 5.85. The van der Waals surface area contributed by atoms with Crippen LogP contribution < -0.4 is 10.3 Å². The van der Waals surface area contributed by atoms with Gasteiger partial charge in [0, 0.05) is 25.1 Å². The fourth-order valence-corrected chi connectivity index (χ4v) is 4.39. The van der Waals surface area contributed by atoms with E-state index in [4.69, 9.17) is 10.00 Å². The van der Waals surface area contributed by atoms with Crippen molar-refractivity contribution in [2.24, 2.45) is 0 Å². The van der Waals surface area contributed by atoms with Crippen molar-refractivity contribution in [1.82, 2.24) is 14.7 Å². The fourth-order valence-electron chi connectivity index (χ4n) is 2.97. The van der Waals surface area contributed by atoms with E-state index < -0.39 is 10.0 Å². The summed E-state index contributed by atoms with van der Waals surface area (Å²) < 4.78 is 32.6. The van der Waals surface area contributed by atoms with Crippen molar-refractivity contribution in [3.63, 3.8) is 0 Å². The Hall–Kier alpha value is -2.54. The van der Waals surface area contributed by atoms with E-state index in [1.807, 2.05) is 6.07 Å². The Labute approximate surface area is 150 Å². The van der Waals surface area contributed by atoms with Crippen molar-refractivity contribution in [2.45, 2.75) is 36.3 Å². The number of aromatic nitrogens is 2. The molecule has 1 aliphatic rings. The van der Waals surface area contributed by atoms with Gasteiger partial charge >= 0.3 is 0 Å². The highest BCUT2D eigenvalue weighted by atomic mass is 32.2. The number of H-pyrrole nitrogens is 1. The highest BCUT2D eigenvalue weighted by Crippen LogP contribution is 2.36. The Morgan fingerprint density at radius 1 is 1.38 bits per heavy atom. The predicted octanol–water partition coefficient (Wildman–Crippen LogP) is 1.01. The summed E-state index contributed by atoms with van der Waals surface area (Å²) in [6, 6.07) is 9.14. The summed E-state index contributed by atoms with van der Waals surface area (Å²) in [6.07, 6.45) is 1.08. The van der Waals surface area contributed by atoms with E-state index in [2.05, 4.69) is 14.7 Å². The minimum absolute atomic E-state index is 0.00631. The number of nitrogens with one attached hydrogen (secondary N) is 2. The molecule has 1 fully saturated rings. The minimum Gasteiger partial charge on any atom is -0.377 e. The molecule has 8 nitrogen and oxygen atoms in total. The van der Waals surface area contributed by atoms with Crippen molar-refractivity contribution >= 4 is 10.0 Å². The molecule has 2 N–H and O–H groups in total. The summed E-state index contributed by atoms with van der Waals surface area (Å²) in [5.41, 5.74) is 0.485. The highest BCUT2D eigenvalue weighted by Gasteiger charge is 2.35. The molecule has 1 aromatic carbocycles. The van der Waals surface area contributed by atoms with Crippen molar-refractivity contribution < 1.29 is 13.2 Å². The zero-order chi connectivity index (χ0) is 18.7. The number of methoxy groups -OCH3 is 1. The van der Waals surface area contributed by atoms with Gasteiger partial charge in [0.2, 0.25) is 10.0 Å². The molecule has 2 aromatic rings. The topological polar surface area (TPSA) is 125 Å². The first-order chi connectivity index (χ1) is 12.4. The minimum atomic E-state index is -3.77. The third kappa shape index (κ3) is 3.83. The first-order valence-corrected chi connectivity index (χ1v) is 9.52. The van der Waals surface area contributed by atoms with Crippen molar-refractivity contribution in [1.29, 1.82) is 5.26 Å². The summed E-state index contributed by atoms with van der Waals surface area (Å²) in [4.78, 5) is 18.6. The Balaban J connectivity index is 1.69. The largest absolute Gasteiger partial charge is 0.377 e. The lowest BCUT2D eigenvalue weighted by Gasteiger charge is -2.35. The monoisotopic (exact) mass is 374 g/mol. The number of ether oxygens (including phenoxy) is 1. The number of rotatable bonds is 6. The van der Waals surface area contributed by atoms with Crippen molar-refractivity contribution in [2.75, 3.05) is 7.11 Å². The van der Waals surface area contributed by atoms with E-state index in [0.29, 0.717) is 24.4 Å². The molecule has 0 amide bonds. The highest BCUT2D eigenvalue weighted by molar-refractivity contribution is 7.89. The van der Waals surface area contributed by atoms with E-state index in [1.54, 1.807) is 12.1 Å². The maximum atomic E-state index is 12.5. The van der Waals surface area contributed by atoms with Crippen LogP contribution in [0.2, 0.25) is 0 Å². The summed E-state index contributed by atoms with van der Waals surface area (Å²) in [6.45, 7) is 0.205. The molecule has 0 atom stereocenters. The van der Waals surface area contributed by atoms with Crippen LogP contribution in [-0.2, 0) is 21.4 Å². The van der Waals surface area contributed by atoms with Gasteiger partial charge < -0.3 is 9.72 Å². The second-order valence-corrected chi connectivity index (χ2v) is 7.83. The van der Waals surface area contributed by atoms with E-state index in [9.17, 15) is 13.2 Å². The molecule has 0 radical (unpaired) electrons. The number of hydrogen-bond donors (Lipinski definition) is 2. The number of hydrogen-bond acceptors (Lipinski definition) is 6. The van der Waals surface area contributed by atoms with Crippen LogP contribution in [0.25, 0.3) is 0 Å². The summed E-state index contributed by atoms with van der Waals surface area (Å²) in [5, 5.41) is 9.08. The van der Waals surface area contributed by atoms with Gasteiger partial charge in [-0.3, -0.25) is 4.79 Å². The van der Waals surface area contributed by atoms with Gasteiger partial charge in [-0.15, -0.1) is 0 Å². The summed E-state index contributed by atoms with van der Waals surface area (Å²) in [5.74, 6) is 0.453. The second kappa shape index (κ2) is 7.37. The Morgan fingerprint density at radius 2 is 2.12 bits per heavy atom. The molecule has 1 aliphatic carbocycles. The van der Waals surface area contributed by atoms with Crippen LogP contribution >= 0.6 is 0 Å². The lowest BCUT2D eigenvalue weighted by molar-refractivity contribution is 0.176. The maximum Gasteiger partial charge on any atom is 0.251 e. The second-order valence-electron chi connectivity index (χ2n) is 6.14. The van der Waals surface area contributed by atoms with Crippen molar-refractivity contribution in [3.05, 3.63) is 57.8 Å². The van der Waals surface area contributed by atoms with Gasteiger partial charge in [0.25, 0.3) is 5.56 Å². The van der Waals surface area contributed by atoms with Crippen LogP contribution in [0, 0.1) is 11.3 Å². The molecule has 1 saturated carbocycles. The Morgan fingerprint density at radius 3 is 2.81 bits per heavy atom. The predicted molar refractivity (Wildman–Crippen MR) is 92.8 cm³/mol. The molecule has 0 unspecified atom stereocenters. The standard InChI is InChI=1S/C17H18N4O4S/c1-25-10-16-19-14(8-17(22)20-16)12-6-13(7-12)21-26(23,24)15-5-3-2-4-11(15)9-18/h2-5,8,12-13,21H,6-7,10H2,1H3,(H,19,20,22). The number of nitriles is 1. The molecule has 1 aromatic heterocycles. The van der Waals surface area contributed by atoms with E-state index in [1.165, 1.54) is 25.3 Å². The van der Waals surface area contributed by atoms with Gasteiger partial charge in [-0.2, -0.15) is 5.26 Å². The molecular formula is C17H18N4O4S. The number of nitrogens with zero attached hydrogens (tertiary/aromatic N) is 2. The quantitative estimate of drug-likeness (QED) is 0.777. The normalized spacial score (nSPS) is 19.5. The molecule has 0 spiro atoms. The summed E-state index contributed by atoms with van der Waals surface area (Å²) >= 11 is 0. The molecule has 26 heavy (non-hydrogen) atoms. The third-order valence-electron chi connectivity index (χ3n) is 4.27. The van der Waals surface area contributed by atoms with Gasteiger partial charge in [0.05, 0.1) is 16.2 Å². The zero-order valence-electron chi connectivity index (χ0n) is 14.1. The van der Waals surface area contributed by atoms with Gasteiger partial charge in [0.1, 0.15) is 18.5 Å². The number of sulfonamides is 1. The molecule has 3 rings (SSSR count). The van der Waals surface area contributed by atoms with Crippen LogP contribution in [0.4, 0.5) is 0 Å². The van der Waals surface area contributed by atoms with E-state index in [0.717, 1.165) is 0 Å². The number of aromatic amines is 1. The maximum absolute atomic E-state index is 12.5. The van der Waals surface area contributed by atoms with Gasteiger partial charge in [0.15, 0.2) is 0 Å². The van der Waals surface area contributed by atoms with Crippen LogP contribution in [-0.4, -0.2) is 31.5 Å². The average molecular weight is 374 g/mol. The van der Waals surface area contributed by atoms with E-state index in [-0.39, 0.29) is 34.6 Å². The van der Waals surface area contributed by atoms with Crippen LogP contribution in [0.1, 0.15) is 35.8 Å². The zero-order valence-corrected chi connectivity index (χ0v) is 14.9. The van der Waals surface area contributed by atoms with Gasteiger partial charge in [-0.05, 0) is 25.0 Å². The first kappa shape index (κ1) is 18.3. The molecule has 1 heterocycles. The van der Waals surface area contributed by atoms with Crippen LogP contribution in [0.15, 0.2) is 40.0 Å². The first-order valence-electron chi connectivity index (χ1n) is 8.03. The van der Waals surface area contributed by atoms with Crippen LogP contribution in [0.5, 0.6) is 0 Å². The molecular weight excluding hydrogens is 356 g/mol. The van der Waals surface area contributed by atoms with Crippen molar-refractivity contribution in [3.8, 4) is 6.07 Å². The Bertz CT molecular complexity index is 1000. The molecule has 0 saturated heterocycles. The lowest BCUT2D eigenvalue weighted by atomic mass is 9.78. The molecule has 136 valence electrons. The fraction of sp³-hybridized carbons (Fsp3) is 0.353. The SMILES string of the molecule is COCc1nc(C2CC(NS(=O)(=O)c3ccccc3C#N)C2)cc(=O)[nH]1. The number of benzene rings is 1. The molecule has 0 bridgehead atoms. The summed E-state index contributed by atoms with van der Waals surface area (Å²) in [7, 11) is -2.26. The van der Waals surface area contributed by atoms with E-state index >= 15 is 0 Å². The lowest BCUT2D eigenvalue weighted by Crippen LogP contribution is -2.43. The van der Waals surface area contributed by atoms with Gasteiger partial charge in [-0.1, -0.05) is 12.1 Å². The molecule has 0 aliphatic heterocycles.